The minimum Gasteiger partial charge on any atom is -0.207 e. The Morgan fingerprint density at radius 3 is 2.75 bits per heavy atom. The van der Waals surface area contributed by atoms with Gasteiger partial charge in [-0.1, -0.05) is 42.8 Å². The van der Waals surface area contributed by atoms with E-state index in [9.17, 15) is 4.39 Å². The highest BCUT2D eigenvalue weighted by Gasteiger charge is 2.08. The van der Waals surface area contributed by atoms with Crippen molar-refractivity contribution in [2.45, 2.75) is 13.3 Å². The van der Waals surface area contributed by atoms with Gasteiger partial charge in [0.1, 0.15) is 5.82 Å². The van der Waals surface area contributed by atoms with Crippen LogP contribution in [0.1, 0.15) is 12.5 Å². The molecule has 2 rings (SSSR count). The summed E-state index contributed by atoms with van der Waals surface area (Å²) in [5, 5.41) is 0.530. The molecule has 0 atom stereocenters. The van der Waals surface area contributed by atoms with E-state index in [0.29, 0.717) is 5.02 Å². The second-order valence-electron chi connectivity index (χ2n) is 3.55. The molecule has 0 unspecified atom stereocenters. The number of halogens is 2. The molecule has 0 N–H and O–H groups in total. The Morgan fingerprint density at radius 2 is 2.06 bits per heavy atom. The molecule has 0 saturated heterocycles. The Labute approximate surface area is 99.7 Å². The third-order valence-electron chi connectivity index (χ3n) is 2.55. The second kappa shape index (κ2) is 4.67. The van der Waals surface area contributed by atoms with Crippen LogP contribution in [0.15, 0.2) is 36.4 Å². The number of hydrogen-bond donors (Lipinski definition) is 0. The summed E-state index contributed by atoms with van der Waals surface area (Å²) in [5.74, 6) is -0.243. The van der Waals surface area contributed by atoms with Crippen molar-refractivity contribution in [2.24, 2.45) is 0 Å². The molecule has 0 fully saturated rings. The second-order valence-corrected chi connectivity index (χ2v) is 3.93. The molecule has 0 saturated carbocycles. The average molecular weight is 234 g/mol. The summed E-state index contributed by atoms with van der Waals surface area (Å²) in [6, 6.07) is 13.2. The Kier molecular flexibility index (Phi) is 3.25. The number of benzene rings is 2. The first-order valence-corrected chi connectivity index (χ1v) is 5.55. The highest BCUT2D eigenvalue weighted by molar-refractivity contribution is 6.33. The van der Waals surface area contributed by atoms with E-state index in [2.05, 4.69) is 6.07 Å². The minimum absolute atomic E-state index is 0.243. The molecule has 0 spiro atoms. The number of hydrogen-bond acceptors (Lipinski definition) is 0. The third kappa shape index (κ3) is 2.10. The summed E-state index contributed by atoms with van der Waals surface area (Å²) in [5.41, 5.74) is 2.77. The van der Waals surface area contributed by atoms with E-state index in [1.54, 1.807) is 12.1 Å². The summed E-state index contributed by atoms with van der Waals surface area (Å²) >= 11 is 6.06. The Hall–Kier alpha value is -1.34. The Balaban J connectivity index is 2.63. The Morgan fingerprint density at radius 1 is 1.25 bits per heavy atom. The SMILES string of the molecule is CCc1ccc(F)cc1-c1ccc[c]c1Cl. The molecule has 2 heteroatoms. The van der Waals surface area contributed by atoms with Gasteiger partial charge in [-0.2, -0.15) is 0 Å². The zero-order valence-corrected chi connectivity index (χ0v) is 9.68. The van der Waals surface area contributed by atoms with Gasteiger partial charge in [0.15, 0.2) is 0 Å². The van der Waals surface area contributed by atoms with E-state index in [1.165, 1.54) is 12.1 Å². The molecule has 0 nitrogen and oxygen atoms in total. The maximum Gasteiger partial charge on any atom is 0.123 e. The molecule has 0 aliphatic rings. The van der Waals surface area contributed by atoms with Crippen LogP contribution in [-0.4, -0.2) is 0 Å². The molecule has 0 bridgehead atoms. The summed E-state index contributed by atoms with van der Waals surface area (Å²) in [7, 11) is 0. The van der Waals surface area contributed by atoms with Crippen LogP contribution in [-0.2, 0) is 6.42 Å². The summed E-state index contributed by atoms with van der Waals surface area (Å²) in [4.78, 5) is 0. The van der Waals surface area contributed by atoms with Gasteiger partial charge in [-0.15, -0.1) is 0 Å². The molecule has 2 aromatic rings. The van der Waals surface area contributed by atoms with Gasteiger partial charge < -0.3 is 0 Å². The van der Waals surface area contributed by atoms with Gasteiger partial charge in [0.25, 0.3) is 0 Å². The minimum atomic E-state index is -0.243. The van der Waals surface area contributed by atoms with Crippen LogP contribution in [0, 0.1) is 11.9 Å². The van der Waals surface area contributed by atoms with Gasteiger partial charge >= 0.3 is 0 Å². The van der Waals surface area contributed by atoms with Gasteiger partial charge in [0, 0.05) is 11.6 Å². The van der Waals surface area contributed by atoms with E-state index in [4.69, 9.17) is 11.6 Å². The van der Waals surface area contributed by atoms with Gasteiger partial charge in [-0.3, -0.25) is 0 Å². The lowest BCUT2D eigenvalue weighted by Gasteiger charge is -2.09. The van der Waals surface area contributed by atoms with Crippen LogP contribution in [0.3, 0.4) is 0 Å². The van der Waals surface area contributed by atoms with Gasteiger partial charge in [-0.25, -0.2) is 4.39 Å². The molecule has 0 heterocycles. The monoisotopic (exact) mass is 233 g/mol. The highest BCUT2D eigenvalue weighted by atomic mass is 35.5. The quantitative estimate of drug-likeness (QED) is 0.716. The summed E-state index contributed by atoms with van der Waals surface area (Å²) in [6.07, 6.45) is 0.848. The first kappa shape index (κ1) is 11.2. The van der Waals surface area contributed by atoms with E-state index >= 15 is 0 Å². The fourth-order valence-electron chi connectivity index (χ4n) is 1.73. The van der Waals surface area contributed by atoms with Crippen LogP contribution in [0.2, 0.25) is 5.02 Å². The normalized spacial score (nSPS) is 10.4. The smallest absolute Gasteiger partial charge is 0.123 e. The first-order valence-electron chi connectivity index (χ1n) is 5.17. The van der Waals surface area contributed by atoms with E-state index < -0.39 is 0 Å². The van der Waals surface area contributed by atoms with E-state index in [-0.39, 0.29) is 5.82 Å². The lowest BCUT2D eigenvalue weighted by atomic mass is 9.98. The maximum atomic E-state index is 13.2. The van der Waals surface area contributed by atoms with Crippen molar-refractivity contribution in [3.05, 3.63) is 58.9 Å². The van der Waals surface area contributed by atoms with Crippen molar-refractivity contribution < 1.29 is 4.39 Å². The molecule has 0 amide bonds. The molecule has 16 heavy (non-hydrogen) atoms. The van der Waals surface area contributed by atoms with Crippen LogP contribution >= 0.6 is 11.6 Å². The van der Waals surface area contributed by atoms with Crippen LogP contribution in [0.4, 0.5) is 4.39 Å². The fourth-order valence-corrected chi connectivity index (χ4v) is 1.96. The van der Waals surface area contributed by atoms with Crippen molar-refractivity contribution in [3.8, 4) is 11.1 Å². The maximum absolute atomic E-state index is 13.2. The highest BCUT2D eigenvalue weighted by Crippen LogP contribution is 2.30. The molecular weight excluding hydrogens is 223 g/mol. The van der Waals surface area contributed by atoms with Crippen molar-refractivity contribution in [3.63, 3.8) is 0 Å². The van der Waals surface area contributed by atoms with Crippen molar-refractivity contribution in [1.29, 1.82) is 0 Å². The van der Waals surface area contributed by atoms with Gasteiger partial charge in [0.2, 0.25) is 0 Å². The van der Waals surface area contributed by atoms with Gasteiger partial charge in [0.05, 0.1) is 5.02 Å². The number of rotatable bonds is 2. The van der Waals surface area contributed by atoms with E-state index in [0.717, 1.165) is 23.1 Å². The predicted molar refractivity (Wildman–Crippen MR) is 65.1 cm³/mol. The van der Waals surface area contributed by atoms with Gasteiger partial charge in [-0.05, 0) is 29.7 Å². The standard InChI is InChI=1S/C14H11ClF/c1-2-10-7-8-11(16)9-13(10)12-5-3-4-6-14(12)15/h3-5,7-9H,2H2,1H3. The fraction of sp³-hybridized carbons (Fsp3) is 0.143. The summed E-state index contributed by atoms with van der Waals surface area (Å²) < 4.78 is 13.2. The van der Waals surface area contributed by atoms with Crippen LogP contribution in [0.5, 0.6) is 0 Å². The topological polar surface area (TPSA) is 0 Å². The predicted octanol–water partition coefficient (Wildman–Crippen LogP) is 4.51. The molecule has 81 valence electrons. The molecule has 0 aliphatic carbocycles. The lowest BCUT2D eigenvalue weighted by Crippen LogP contribution is -1.90. The lowest BCUT2D eigenvalue weighted by molar-refractivity contribution is 0.627. The zero-order chi connectivity index (χ0) is 11.5. The largest absolute Gasteiger partial charge is 0.207 e. The number of aryl methyl sites for hydroxylation is 1. The molecule has 1 radical (unpaired) electrons. The van der Waals surface area contributed by atoms with Crippen LogP contribution < -0.4 is 0 Å². The Bertz CT molecular complexity index is 506. The average Bonchev–Trinajstić information content (AvgIpc) is 2.29. The third-order valence-corrected chi connectivity index (χ3v) is 2.86. The molecular formula is C14H11ClF. The van der Waals surface area contributed by atoms with Crippen molar-refractivity contribution in [1.82, 2.24) is 0 Å². The zero-order valence-electron chi connectivity index (χ0n) is 8.93. The first-order chi connectivity index (χ1) is 7.72. The van der Waals surface area contributed by atoms with Crippen LogP contribution in [0.25, 0.3) is 11.1 Å². The van der Waals surface area contributed by atoms with E-state index in [1.807, 2.05) is 19.1 Å². The molecule has 0 aromatic heterocycles. The van der Waals surface area contributed by atoms with Crippen molar-refractivity contribution in [2.75, 3.05) is 0 Å². The van der Waals surface area contributed by atoms with Crippen molar-refractivity contribution >= 4 is 11.6 Å². The summed E-state index contributed by atoms with van der Waals surface area (Å²) in [6.45, 7) is 2.04. The molecule has 2 aromatic carbocycles. The molecule has 0 aliphatic heterocycles.